The zero-order valence-electron chi connectivity index (χ0n) is 11.6. The van der Waals surface area contributed by atoms with Gasteiger partial charge in [0.25, 0.3) is 0 Å². The first-order valence-electron chi connectivity index (χ1n) is 6.09. The van der Waals surface area contributed by atoms with Crippen LogP contribution in [0, 0.1) is 13.8 Å². The van der Waals surface area contributed by atoms with Crippen LogP contribution in [0.3, 0.4) is 0 Å². The van der Waals surface area contributed by atoms with Gasteiger partial charge in [0.15, 0.2) is 6.04 Å². The maximum absolute atomic E-state index is 11.5. The van der Waals surface area contributed by atoms with Gasteiger partial charge in [-0.15, -0.1) is 0 Å². The summed E-state index contributed by atoms with van der Waals surface area (Å²) in [6, 6.07) is 2.18. The van der Waals surface area contributed by atoms with E-state index in [0.717, 1.165) is 0 Å². The summed E-state index contributed by atoms with van der Waals surface area (Å²) in [7, 11) is 0. The second kappa shape index (κ2) is 5.73. The first-order chi connectivity index (χ1) is 8.79. The van der Waals surface area contributed by atoms with Crippen LogP contribution in [0.15, 0.2) is 12.1 Å². The number of phenols is 1. The topological polar surface area (TPSA) is 77.8 Å². The molecule has 1 unspecified atom stereocenters. The van der Waals surface area contributed by atoms with E-state index in [4.69, 9.17) is 0 Å². The van der Waals surface area contributed by atoms with Gasteiger partial charge in [0.05, 0.1) is 0 Å². The number of carbonyl (C=O) groups excluding carboxylic acids is 1. The summed E-state index contributed by atoms with van der Waals surface area (Å²) in [5.74, 6) is -1.22. The fourth-order valence-corrected chi connectivity index (χ4v) is 2.19. The van der Waals surface area contributed by atoms with Crippen LogP contribution in [0.5, 0.6) is 5.75 Å². The molecule has 1 rings (SSSR count). The Kier molecular flexibility index (Phi) is 4.53. The molecule has 0 bridgehead atoms. The Bertz CT molecular complexity index is 487. The molecule has 0 saturated carbocycles. The lowest BCUT2D eigenvalue weighted by atomic mass is 9.99. The first-order valence-corrected chi connectivity index (χ1v) is 6.09. The predicted octanol–water partition coefficient (Wildman–Crippen LogP) is 2.00. The fraction of sp³-hybridized carbons (Fsp3) is 0.429. The first kappa shape index (κ1) is 15.0. The molecular weight excluding hydrogens is 246 g/mol. The standard InChI is InChI=1S/C14H19NO4/c1-5-15(10(4)16)12(14(18)19)11-6-8(2)13(17)9(3)7-11/h6-7,12,17H,5H2,1-4H3,(H,18,19). The van der Waals surface area contributed by atoms with Crippen LogP contribution in [0.1, 0.15) is 36.6 Å². The van der Waals surface area contributed by atoms with Crippen molar-refractivity contribution in [2.24, 2.45) is 0 Å². The van der Waals surface area contributed by atoms with Gasteiger partial charge in [0, 0.05) is 13.5 Å². The number of carboxylic acids is 1. The third kappa shape index (κ3) is 3.05. The molecule has 0 aliphatic carbocycles. The SMILES string of the molecule is CCN(C(C)=O)C(C(=O)O)c1cc(C)c(O)c(C)c1. The van der Waals surface area contributed by atoms with Gasteiger partial charge in [-0.2, -0.15) is 0 Å². The Morgan fingerprint density at radius 1 is 1.26 bits per heavy atom. The van der Waals surface area contributed by atoms with Gasteiger partial charge in [-0.1, -0.05) is 0 Å². The Hall–Kier alpha value is -2.04. The molecule has 2 N–H and O–H groups in total. The monoisotopic (exact) mass is 265 g/mol. The van der Waals surface area contributed by atoms with Gasteiger partial charge < -0.3 is 15.1 Å². The lowest BCUT2D eigenvalue weighted by Gasteiger charge is -2.27. The highest BCUT2D eigenvalue weighted by Crippen LogP contribution is 2.29. The molecule has 5 nitrogen and oxygen atoms in total. The molecule has 1 aromatic rings. The second-order valence-electron chi connectivity index (χ2n) is 4.55. The van der Waals surface area contributed by atoms with Crippen LogP contribution in [0.4, 0.5) is 0 Å². The van der Waals surface area contributed by atoms with Crippen molar-refractivity contribution in [2.45, 2.75) is 33.7 Å². The van der Waals surface area contributed by atoms with E-state index in [9.17, 15) is 19.8 Å². The zero-order chi connectivity index (χ0) is 14.7. The number of likely N-dealkylation sites (N-methyl/N-ethyl adjacent to an activating group) is 1. The maximum atomic E-state index is 11.5. The molecule has 0 spiro atoms. The number of aromatic hydroxyl groups is 1. The number of benzene rings is 1. The summed E-state index contributed by atoms with van der Waals surface area (Å²) in [6.07, 6.45) is 0. The van der Waals surface area contributed by atoms with E-state index in [0.29, 0.717) is 23.2 Å². The molecule has 0 aromatic heterocycles. The number of aliphatic carboxylic acids is 1. The number of amides is 1. The van der Waals surface area contributed by atoms with E-state index in [1.165, 1.54) is 11.8 Å². The van der Waals surface area contributed by atoms with Gasteiger partial charge in [-0.05, 0) is 49.6 Å². The van der Waals surface area contributed by atoms with Crippen molar-refractivity contribution in [3.05, 3.63) is 28.8 Å². The number of nitrogens with zero attached hydrogens (tertiary/aromatic N) is 1. The highest BCUT2D eigenvalue weighted by molar-refractivity contribution is 5.83. The summed E-state index contributed by atoms with van der Waals surface area (Å²) in [5.41, 5.74) is 1.69. The molecule has 104 valence electrons. The number of carbonyl (C=O) groups is 2. The Morgan fingerprint density at radius 2 is 1.74 bits per heavy atom. The number of carboxylic acid groups (broad SMARTS) is 1. The molecule has 0 aliphatic heterocycles. The number of aryl methyl sites for hydroxylation is 2. The average molecular weight is 265 g/mol. The van der Waals surface area contributed by atoms with Crippen LogP contribution < -0.4 is 0 Å². The van der Waals surface area contributed by atoms with Crippen LogP contribution in [0.2, 0.25) is 0 Å². The van der Waals surface area contributed by atoms with Crippen LogP contribution in [-0.4, -0.2) is 33.5 Å². The molecule has 1 atom stereocenters. The van der Waals surface area contributed by atoms with E-state index < -0.39 is 12.0 Å². The molecule has 0 radical (unpaired) electrons. The second-order valence-corrected chi connectivity index (χ2v) is 4.55. The van der Waals surface area contributed by atoms with E-state index in [-0.39, 0.29) is 11.7 Å². The van der Waals surface area contributed by atoms with Gasteiger partial charge in [-0.25, -0.2) is 4.79 Å². The third-order valence-corrected chi connectivity index (χ3v) is 3.12. The van der Waals surface area contributed by atoms with Gasteiger partial charge in [0.1, 0.15) is 5.75 Å². The number of phenolic OH excluding ortho intramolecular Hbond substituents is 1. The Balaban J connectivity index is 3.35. The summed E-state index contributed by atoms with van der Waals surface area (Å²) in [6.45, 7) is 6.80. The lowest BCUT2D eigenvalue weighted by molar-refractivity contribution is -0.149. The van der Waals surface area contributed by atoms with E-state index in [1.807, 2.05) is 0 Å². The van der Waals surface area contributed by atoms with Crippen LogP contribution in [-0.2, 0) is 9.59 Å². The van der Waals surface area contributed by atoms with Crippen LogP contribution in [0.25, 0.3) is 0 Å². The molecular formula is C14H19NO4. The minimum Gasteiger partial charge on any atom is -0.507 e. The summed E-state index contributed by atoms with van der Waals surface area (Å²) < 4.78 is 0. The van der Waals surface area contributed by atoms with Crippen molar-refractivity contribution in [1.82, 2.24) is 4.90 Å². The van der Waals surface area contributed by atoms with Crippen molar-refractivity contribution < 1.29 is 19.8 Å². The number of rotatable bonds is 4. The van der Waals surface area contributed by atoms with Crippen molar-refractivity contribution in [3.63, 3.8) is 0 Å². The largest absolute Gasteiger partial charge is 0.507 e. The van der Waals surface area contributed by atoms with Gasteiger partial charge in [0.2, 0.25) is 5.91 Å². The fourth-order valence-electron chi connectivity index (χ4n) is 2.19. The van der Waals surface area contributed by atoms with E-state index in [2.05, 4.69) is 0 Å². The predicted molar refractivity (Wildman–Crippen MR) is 71.0 cm³/mol. The van der Waals surface area contributed by atoms with Gasteiger partial charge >= 0.3 is 5.97 Å². The van der Waals surface area contributed by atoms with Crippen LogP contribution >= 0.6 is 0 Å². The highest BCUT2D eigenvalue weighted by Gasteiger charge is 2.29. The Labute approximate surface area is 112 Å². The quantitative estimate of drug-likeness (QED) is 0.872. The number of hydrogen-bond acceptors (Lipinski definition) is 3. The molecule has 19 heavy (non-hydrogen) atoms. The molecule has 0 heterocycles. The summed E-state index contributed by atoms with van der Waals surface area (Å²) >= 11 is 0. The average Bonchev–Trinajstić information content (AvgIpc) is 2.31. The lowest BCUT2D eigenvalue weighted by Crippen LogP contribution is -2.37. The van der Waals surface area contributed by atoms with Crippen molar-refractivity contribution in [2.75, 3.05) is 6.54 Å². The van der Waals surface area contributed by atoms with Gasteiger partial charge in [-0.3, -0.25) is 4.79 Å². The molecule has 0 aliphatic rings. The molecule has 0 fully saturated rings. The highest BCUT2D eigenvalue weighted by atomic mass is 16.4. The molecule has 1 amide bonds. The summed E-state index contributed by atoms with van der Waals surface area (Å²) in [5, 5.41) is 19.1. The van der Waals surface area contributed by atoms with Crippen molar-refractivity contribution >= 4 is 11.9 Å². The smallest absolute Gasteiger partial charge is 0.331 e. The molecule has 5 heteroatoms. The molecule has 0 saturated heterocycles. The Morgan fingerprint density at radius 3 is 2.05 bits per heavy atom. The zero-order valence-corrected chi connectivity index (χ0v) is 11.6. The minimum absolute atomic E-state index is 0.152. The number of hydrogen-bond donors (Lipinski definition) is 2. The van der Waals surface area contributed by atoms with E-state index in [1.54, 1.807) is 32.9 Å². The van der Waals surface area contributed by atoms with Crippen molar-refractivity contribution in [1.29, 1.82) is 0 Å². The van der Waals surface area contributed by atoms with E-state index >= 15 is 0 Å². The molecule has 1 aromatic carbocycles. The van der Waals surface area contributed by atoms with Crippen molar-refractivity contribution in [3.8, 4) is 5.75 Å². The summed E-state index contributed by atoms with van der Waals surface area (Å²) in [4.78, 5) is 24.3. The minimum atomic E-state index is -1.08. The normalized spacial score (nSPS) is 12.0. The maximum Gasteiger partial charge on any atom is 0.331 e. The third-order valence-electron chi connectivity index (χ3n) is 3.12.